The molecule has 0 aromatic rings. The Kier molecular flexibility index (Phi) is 7.73. The van der Waals surface area contributed by atoms with E-state index < -0.39 is 42.1 Å². The molecule has 0 radical (unpaired) electrons. The van der Waals surface area contributed by atoms with Crippen LogP contribution in [0.1, 0.15) is 41.5 Å². The molecule has 0 heterocycles. The second kappa shape index (κ2) is 8.31. The van der Waals surface area contributed by atoms with E-state index in [0.717, 1.165) is 4.90 Å². The molecule has 0 aromatic carbocycles. The van der Waals surface area contributed by atoms with Crippen molar-refractivity contribution in [1.29, 1.82) is 0 Å². The first-order valence-corrected chi connectivity index (χ1v) is 7.37. The van der Waals surface area contributed by atoms with Crippen LogP contribution in [0.15, 0.2) is 12.7 Å². The molecule has 7 heteroatoms. The molecule has 0 aliphatic carbocycles. The Morgan fingerprint density at radius 1 is 1.09 bits per heavy atom. The van der Waals surface area contributed by atoms with Gasteiger partial charge in [0.05, 0.1) is 18.8 Å². The summed E-state index contributed by atoms with van der Waals surface area (Å²) >= 11 is 0. The molecule has 134 valence electrons. The fourth-order valence-corrected chi connectivity index (χ4v) is 1.71. The SMILES string of the molecule is C=C[C@H](OC)[C@H](CO)N(C(=O)OC(C)(C)C)C(=O)OC(C)(C)C. The fraction of sp³-hybridized carbons (Fsp3) is 0.750. The number of carbonyl (C=O) groups excluding carboxylic acids is 2. The van der Waals surface area contributed by atoms with E-state index in [2.05, 4.69) is 6.58 Å². The first-order chi connectivity index (χ1) is 10.4. The second-order valence-corrected chi connectivity index (χ2v) is 7.02. The molecule has 0 saturated heterocycles. The van der Waals surface area contributed by atoms with Crippen LogP contribution in [0.5, 0.6) is 0 Å². The van der Waals surface area contributed by atoms with Gasteiger partial charge in [0.1, 0.15) is 11.2 Å². The van der Waals surface area contributed by atoms with Gasteiger partial charge in [-0.2, -0.15) is 0 Å². The highest BCUT2D eigenvalue weighted by atomic mass is 16.6. The van der Waals surface area contributed by atoms with Gasteiger partial charge < -0.3 is 19.3 Å². The van der Waals surface area contributed by atoms with Crippen LogP contribution >= 0.6 is 0 Å². The van der Waals surface area contributed by atoms with Gasteiger partial charge in [-0.25, -0.2) is 14.5 Å². The van der Waals surface area contributed by atoms with Crippen LogP contribution in [0, 0.1) is 0 Å². The number of hydrogen-bond donors (Lipinski definition) is 1. The summed E-state index contributed by atoms with van der Waals surface area (Å²) in [5, 5.41) is 9.64. The molecule has 0 aromatic heterocycles. The molecule has 0 aliphatic rings. The van der Waals surface area contributed by atoms with Gasteiger partial charge >= 0.3 is 12.2 Å². The molecule has 23 heavy (non-hydrogen) atoms. The topological polar surface area (TPSA) is 85.3 Å². The first kappa shape index (κ1) is 21.4. The van der Waals surface area contributed by atoms with E-state index in [1.807, 2.05) is 0 Å². The predicted octanol–water partition coefficient (Wildman–Crippen LogP) is 2.72. The lowest BCUT2D eigenvalue weighted by molar-refractivity contribution is -0.0334. The average molecular weight is 331 g/mol. The summed E-state index contributed by atoms with van der Waals surface area (Å²) in [6.45, 7) is 13.1. The largest absolute Gasteiger partial charge is 0.443 e. The Balaban J connectivity index is 5.63. The van der Waals surface area contributed by atoms with Crippen LogP contribution in [-0.2, 0) is 14.2 Å². The van der Waals surface area contributed by atoms with Crippen molar-refractivity contribution < 1.29 is 28.9 Å². The van der Waals surface area contributed by atoms with Gasteiger partial charge in [0.2, 0.25) is 0 Å². The highest BCUT2D eigenvalue weighted by molar-refractivity contribution is 5.88. The normalized spacial score (nSPS) is 14.6. The maximum absolute atomic E-state index is 12.4. The third-order valence-corrected chi connectivity index (χ3v) is 2.58. The van der Waals surface area contributed by atoms with Crippen LogP contribution < -0.4 is 0 Å². The average Bonchev–Trinajstić information content (AvgIpc) is 2.34. The number of amides is 2. The zero-order valence-electron chi connectivity index (χ0n) is 15.1. The zero-order chi connectivity index (χ0) is 18.4. The summed E-state index contributed by atoms with van der Waals surface area (Å²) in [4.78, 5) is 25.6. The molecule has 1 N–H and O–H groups in total. The summed E-state index contributed by atoms with van der Waals surface area (Å²) in [6, 6.07) is -1.01. The lowest BCUT2D eigenvalue weighted by atomic mass is 10.1. The van der Waals surface area contributed by atoms with Gasteiger partial charge in [0.15, 0.2) is 0 Å². The number of imide groups is 1. The van der Waals surface area contributed by atoms with Crippen LogP contribution in [0.25, 0.3) is 0 Å². The molecule has 2 atom stereocenters. The molecular weight excluding hydrogens is 302 g/mol. The van der Waals surface area contributed by atoms with Gasteiger partial charge in [-0.05, 0) is 41.5 Å². The number of aliphatic hydroxyl groups excluding tert-OH is 1. The van der Waals surface area contributed by atoms with Crippen molar-refractivity contribution >= 4 is 12.2 Å². The van der Waals surface area contributed by atoms with E-state index in [0.29, 0.717) is 0 Å². The van der Waals surface area contributed by atoms with Gasteiger partial charge in [-0.1, -0.05) is 6.08 Å². The monoisotopic (exact) mass is 331 g/mol. The number of ether oxygens (including phenoxy) is 3. The minimum Gasteiger partial charge on any atom is -0.443 e. The number of nitrogens with zero attached hydrogens (tertiary/aromatic N) is 1. The number of rotatable bonds is 5. The van der Waals surface area contributed by atoms with E-state index in [-0.39, 0.29) is 0 Å². The Hall–Kier alpha value is -1.60. The van der Waals surface area contributed by atoms with Crippen LogP contribution in [-0.4, -0.2) is 59.3 Å². The molecule has 0 unspecified atom stereocenters. The fourth-order valence-electron chi connectivity index (χ4n) is 1.71. The van der Waals surface area contributed by atoms with Gasteiger partial charge in [-0.3, -0.25) is 0 Å². The molecule has 0 spiro atoms. The molecule has 0 fully saturated rings. The minimum atomic E-state index is -1.01. The van der Waals surface area contributed by atoms with Crippen molar-refractivity contribution in [2.75, 3.05) is 13.7 Å². The molecular formula is C16H29NO6. The Bertz CT molecular complexity index is 393. The third kappa shape index (κ3) is 7.47. The van der Waals surface area contributed by atoms with E-state index in [9.17, 15) is 14.7 Å². The highest BCUT2D eigenvalue weighted by Crippen LogP contribution is 2.19. The molecule has 0 bridgehead atoms. The van der Waals surface area contributed by atoms with Gasteiger partial charge in [-0.15, -0.1) is 6.58 Å². The number of methoxy groups -OCH3 is 1. The molecule has 0 rings (SSSR count). The smallest absolute Gasteiger partial charge is 0.420 e. The van der Waals surface area contributed by atoms with Gasteiger partial charge in [0, 0.05) is 7.11 Å². The summed E-state index contributed by atoms with van der Waals surface area (Å²) < 4.78 is 15.6. The molecule has 0 aliphatic heterocycles. The number of carbonyl (C=O) groups is 2. The molecule has 2 amide bonds. The van der Waals surface area contributed by atoms with Crippen molar-refractivity contribution in [3.63, 3.8) is 0 Å². The number of hydrogen-bond acceptors (Lipinski definition) is 6. The minimum absolute atomic E-state index is 0.525. The van der Waals surface area contributed by atoms with Crippen molar-refractivity contribution in [3.8, 4) is 0 Å². The standard InChI is InChI=1S/C16H29NO6/c1-9-12(21-8)11(10-18)17(13(19)22-15(2,3)4)14(20)23-16(5,6)7/h9,11-12,18H,1,10H2,2-8H3/t11-,12-/m0/s1. The zero-order valence-corrected chi connectivity index (χ0v) is 15.1. The molecule has 0 saturated carbocycles. The Labute approximate surface area is 138 Å². The first-order valence-electron chi connectivity index (χ1n) is 7.37. The summed E-state index contributed by atoms with van der Waals surface area (Å²) in [5.74, 6) is 0. The van der Waals surface area contributed by atoms with E-state index in [1.165, 1.54) is 13.2 Å². The quantitative estimate of drug-likeness (QED) is 0.780. The number of aliphatic hydroxyl groups is 1. The van der Waals surface area contributed by atoms with Crippen molar-refractivity contribution in [2.24, 2.45) is 0 Å². The van der Waals surface area contributed by atoms with E-state index in [1.54, 1.807) is 41.5 Å². The van der Waals surface area contributed by atoms with E-state index >= 15 is 0 Å². The lowest BCUT2D eigenvalue weighted by Crippen LogP contribution is -2.54. The van der Waals surface area contributed by atoms with E-state index in [4.69, 9.17) is 14.2 Å². The van der Waals surface area contributed by atoms with Gasteiger partial charge in [0.25, 0.3) is 0 Å². The third-order valence-electron chi connectivity index (χ3n) is 2.58. The Morgan fingerprint density at radius 2 is 1.48 bits per heavy atom. The summed E-state index contributed by atoms with van der Waals surface area (Å²) in [6.07, 6.45) is -1.22. The summed E-state index contributed by atoms with van der Waals surface area (Å²) in [7, 11) is 1.39. The maximum atomic E-state index is 12.4. The van der Waals surface area contributed by atoms with Crippen LogP contribution in [0.4, 0.5) is 9.59 Å². The van der Waals surface area contributed by atoms with Crippen LogP contribution in [0.2, 0.25) is 0 Å². The lowest BCUT2D eigenvalue weighted by Gasteiger charge is -2.34. The second-order valence-electron chi connectivity index (χ2n) is 7.02. The van der Waals surface area contributed by atoms with Crippen molar-refractivity contribution in [2.45, 2.75) is 64.9 Å². The predicted molar refractivity (Wildman–Crippen MR) is 86.2 cm³/mol. The Morgan fingerprint density at radius 3 is 1.70 bits per heavy atom. The van der Waals surface area contributed by atoms with Crippen LogP contribution in [0.3, 0.4) is 0 Å². The molecule has 7 nitrogen and oxygen atoms in total. The van der Waals surface area contributed by atoms with Crippen molar-refractivity contribution in [3.05, 3.63) is 12.7 Å². The van der Waals surface area contributed by atoms with Crippen molar-refractivity contribution in [1.82, 2.24) is 4.90 Å². The summed E-state index contributed by atoms with van der Waals surface area (Å²) in [5.41, 5.74) is -1.62. The maximum Gasteiger partial charge on any atom is 0.420 e. The highest BCUT2D eigenvalue weighted by Gasteiger charge is 2.39.